The van der Waals surface area contributed by atoms with Gasteiger partial charge in [-0.1, -0.05) is 0 Å². The minimum Gasteiger partial charge on any atom is -0.743 e. The Labute approximate surface area is 190 Å². The Kier molecular flexibility index (Phi) is 8.15. The third kappa shape index (κ3) is 4.58. The number of sulfone groups is 2. The van der Waals surface area contributed by atoms with E-state index < -0.39 is 67.8 Å². The van der Waals surface area contributed by atoms with Gasteiger partial charge >= 0.3 is 51.9 Å². The summed E-state index contributed by atoms with van der Waals surface area (Å²) in [6.07, 6.45) is 0.421. The number of hydrogen-bond donors (Lipinski definition) is 0. The fourth-order valence-electron chi connectivity index (χ4n) is 1.76. The van der Waals surface area contributed by atoms with Gasteiger partial charge < -0.3 is 4.55 Å². The van der Waals surface area contributed by atoms with Gasteiger partial charge in [0.15, 0.2) is 20.0 Å². The van der Waals surface area contributed by atoms with E-state index in [0.29, 0.717) is 6.26 Å². The van der Waals surface area contributed by atoms with Crippen LogP contribution in [-0.4, -0.2) is 58.4 Å². The van der Waals surface area contributed by atoms with Crippen LogP contribution in [0.2, 0.25) is 0 Å². The molecule has 1 rings (SSSR count). The van der Waals surface area contributed by atoms with E-state index >= 15 is 0 Å². The number of rotatable bonds is 7. The first-order valence-electron chi connectivity index (χ1n) is 6.58. The molecule has 31 heavy (non-hydrogen) atoms. The molecule has 0 saturated carbocycles. The molecule has 1 aromatic carbocycles. The molecular weight excluding hydrogens is 534 g/mol. The monoisotopic (exact) mass is 540 g/mol. The van der Waals surface area contributed by atoms with Gasteiger partial charge in [0, 0.05) is 6.26 Å². The van der Waals surface area contributed by atoms with Gasteiger partial charge in [-0.2, -0.15) is 35.1 Å². The van der Waals surface area contributed by atoms with Crippen LogP contribution in [-0.2, 0) is 29.8 Å². The molecule has 0 atom stereocenters. The van der Waals surface area contributed by atoms with Crippen LogP contribution in [0.15, 0.2) is 28.0 Å². The molecule has 0 saturated heterocycles. The second kappa shape index (κ2) is 8.32. The predicted octanol–water partition coefficient (Wildman–Crippen LogP) is -0.992. The van der Waals surface area contributed by atoms with Gasteiger partial charge in [0.1, 0.15) is 10.7 Å². The fourth-order valence-corrected chi connectivity index (χ4v) is 4.14. The summed E-state index contributed by atoms with van der Waals surface area (Å²) < 4.78 is 198. The first-order chi connectivity index (χ1) is 12.9. The molecule has 0 aliphatic carbocycles. The molecule has 0 amide bonds. The van der Waals surface area contributed by atoms with Crippen molar-refractivity contribution in [2.24, 2.45) is 0 Å². The summed E-state index contributed by atoms with van der Waals surface area (Å²) in [7, 11) is -19.4. The average molecular weight is 540 g/mol. The SMILES string of the molecule is CS(=O)(=O)c1ccc(S(=O)(=O)C(F)(F)C(F)(F)C(F)(F)C(F)(F)S(=O)(=O)[O-])c(F)c1.[Na+]. The topological polar surface area (TPSA) is 125 Å². The third-order valence-corrected chi connectivity index (χ3v) is 7.23. The Morgan fingerprint density at radius 3 is 1.48 bits per heavy atom. The first-order valence-corrected chi connectivity index (χ1v) is 11.4. The Balaban J connectivity index is 0.00000900. The summed E-state index contributed by atoms with van der Waals surface area (Å²) in [5, 5.41) is -14.7. The molecule has 0 heterocycles. The molecule has 0 aliphatic rings. The fraction of sp³-hybridized carbons (Fsp3) is 0.455. The Bertz CT molecular complexity index is 1180. The minimum atomic E-state index is -7.79. The number of benzene rings is 1. The number of hydrogen-bond acceptors (Lipinski definition) is 7. The predicted molar refractivity (Wildman–Crippen MR) is 76.2 cm³/mol. The minimum absolute atomic E-state index is 0. The van der Waals surface area contributed by atoms with Crippen LogP contribution in [0.1, 0.15) is 0 Å². The molecule has 20 heteroatoms. The normalized spacial score (nSPS) is 14.8. The van der Waals surface area contributed by atoms with Crippen LogP contribution in [0.5, 0.6) is 0 Å². The van der Waals surface area contributed by atoms with E-state index in [1.54, 1.807) is 0 Å². The Morgan fingerprint density at radius 2 is 1.16 bits per heavy atom. The van der Waals surface area contributed by atoms with Crippen molar-refractivity contribution < 1.29 is 98.9 Å². The second-order valence-electron chi connectivity index (χ2n) is 5.50. The second-order valence-corrected chi connectivity index (χ2v) is 10.9. The summed E-state index contributed by atoms with van der Waals surface area (Å²) in [4.78, 5) is -3.58. The first kappa shape index (κ1) is 30.4. The van der Waals surface area contributed by atoms with E-state index in [0.717, 1.165) is 0 Å². The Morgan fingerprint density at radius 1 is 0.774 bits per heavy atom. The number of alkyl halides is 8. The molecule has 0 unspecified atom stereocenters. The molecular formula is C11H6F9NaO7S3. The van der Waals surface area contributed by atoms with Crippen LogP contribution >= 0.6 is 0 Å². The summed E-state index contributed by atoms with van der Waals surface area (Å²) in [5.74, 6) is -18.0. The Hall–Kier alpha value is -0.600. The maximum atomic E-state index is 13.9. The quantitative estimate of drug-likeness (QED) is 0.247. The van der Waals surface area contributed by atoms with Crippen LogP contribution in [0, 0.1) is 5.82 Å². The van der Waals surface area contributed by atoms with Crippen LogP contribution < -0.4 is 29.6 Å². The molecule has 0 N–H and O–H groups in total. The molecule has 0 bridgehead atoms. The molecule has 0 fully saturated rings. The van der Waals surface area contributed by atoms with Crippen molar-refractivity contribution in [3.05, 3.63) is 24.0 Å². The smallest absolute Gasteiger partial charge is 0.743 e. The molecule has 7 nitrogen and oxygen atoms in total. The molecule has 174 valence electrons. The van der Waals surface area contributed by atoms with Crippen LogP contribution in [0.3, 0.4) is 0 Å². The van der Waals surface area contributed by atoms with Crippen molar-refractivity contribution in [1.29, 1.82) is 0 Å². The van der Waals surface area contributed by atoms with Crippen molar-refractivity contribution in [1.82, 2.24) is 0 Å². The van der Waals surface area contributed by atoms with Gasteiger partial charge in [-0.05, 0) is 18.2 Å². The van der Waals surface area contributed by atoms with Crippen molar-refractivity contribution in [2.45, 2.75) is 32.1 Å². The summed E-state index contributed by atoms with van der Waals surface area (Å²) in [6, 6.07) is -0.536. The zero-order valence-corrected chi connectivity index (χ0v) is 19.2. The van der Waals surface area contributed by atoms with Crippen molar-refractivity contribution >= 4 is 29.8 Å². The summed E-state index contributed by atoms with van der Waals surface area (Å²) in [6.45, 7) is 0. The van der Waals surface area contributed by atoms with Gasteiger partial charge in [0.2, 0.25) is 0 Å². The average Bonchev–Trinajstić information content (AvgIpc) is 2.51. The van der Waals surface area contributed by atoms with Crippen molar-refractivity contribution in [3.63, 3.8) is 0 Å². The van der Waals surface area contributed by atoms with E-state index in [1.807, 2.05) is 0 Å². The molecule has 0 aromatic heterocycles. The van der Waals surface area contributed by atoms with E-state index in [9.17, 15) is 69.3 Å². The van der Waals surface area contributed by atoms with E-state index in [-0.39, 0.29) is 47.8 Å². The largest absolute Gasteiger partial charge is 1.00 e. The van der Waals surface area contributed by atoms with Gasteiger partial charge in [0.05, 0.1) is 4.90 Å². The molecule has 0 aliphatic heterocycles. The third-order valence-electron chi connectivity index (χ3n) is 3.40. The van der Waals surface area contributed by atoms with Gasteiger partial charge in [-0.15, -0.1) is 0 Å². The standard InChI is InChI=1S/C11H7F9O7S3.Na/c1-28(21,22)5-2-3-7(6(12)4-5)29(23,24)10(17,18)8(13,14)9(15,16)11(19,20)30(25,26)27;/h2-4H,1H3,(H,25,26,27);/q;+1/p-1. The number of halogens is 9. The zero-order chi connectivity index (χ0) is 24.4. The maximum absolute atomic E-state index is 13.9. The van der Waals surface area contributed by atoms with Gasteiger partial charge in [-0.3, -0.25) is 0 Å². The van der Waals surface area contributed by atoms with E-state index in [2.05, 4.69) is 0 Å². The van der Waals surface area contributed by atoms with Crippen molar-refractivity contribution in [2.75, 3.05) is 6.26 Å². The maximum Gasteiger partial charge on any atom is 1.00 e. The summed E-state index contributed by atoms with van der Waals surface area (Å²) >= 11 is 0. The summed E-state index contributed by atoms with van der Waals surface area (Å²) in [5.41, 5.74) is 0. The van der Waals surface area contributed by atoms with Gasteiger partial charge in [-0.25, -0.2) is 29.6 Å². The van der Waals surface area contributed by atoms with Gasteiger partial charge in [0.25, 0.3) is 9.84 Å². The van der Waals surface area contributed by atoms with E-state index in [4.69, 9.17) is 0 Å². The van der Waals surface area contributed by atoms with Crippen LogP contribution in [0.25, 0.3) is 0 Å². The molecule has 0 radical (unpaired) electrons. The molecule has 1 aromatic rings. The van der Waals surface area contributed by atoms with Crippen LogP contribution in [0.4, 0.5) is 39.5 Å². The van der Waals surface area contributed by atoms with E-state index in [1.165, 1.54) is 0 Å². The zero-order valence-electron chi connectivity index (χ0n) is 14.7. The van der Waals surface area contributed by atoms with Crippen molar-refractivity contribution in [3.8, 4) is 0 Å². The molecule has 0 spiro atoms.